The van der Waals surface area contributed by atoms with Crippen molar-refractivity contribution in [3.8, 4) is 0 Å². The number of halogens is 1. The Balaban J connectivity index is 2.64. The molecule has 2 heterocycles. The van der Waals surface area contributed by atoms with Gasteiger partial charge in [0.05, 0.1) is 5.69 Å². The van der Waals surface area contributed by atoms with Crippen LogP contribution in [0.5, 0.6) is 0 Å². The van der Waals surface area contributed by atoms with Crippen LogP contribution in [0.15, 0.2) is 16.6 Å². The first-order valence-corrected chi connectivity index (χ1v) is 7.84. The van der Waals surface area contributed by atoms with Gasteiger partial charge in [0.1, 0.15) is 17.5 Å². The van der Waals surface area contributed by atoms with Crippen molar-refractivity contribution < 1.29 is 10.0 Å². The van der Waals surface area contributed by atoms with Crippen LogP contribution in [0.3, 0.4) is 0 Å². The fourth-order valence-electron chi connectivity index (χ4n) is 2.42. The number of amides is 1. The van der Waals surface area contributed by atoms with Gasteiger partial charge in [-0.2, -0.15) is 0 Å². The van der Waals surface area contributed by atoms with Crippen LogP contribution in [-0.2, 0) is 10.2 Å². The lowest BCUT2D eigenvalue weighted by Crippen LogP contribution is -2.36. The number of nitrogens with one attached hydrogen (secondary N) is 2. The Morgan fingerprint density at radius 1 is 1.41 bits per heavy atom. The Labute approximate surface area is 138 Å². The van der Waals surface area contributed by atoms with E-state index >= 15 is 0 Å². The largest absolute Gasteiger partial charge is 0.357 e. The van der Waals surface area contributed by atoms with Crippen molar-refractivity contribution >= 4 is 33.3 Å². The van der Waals surface area contributed by atoms with E-state index in [9.17, 15) is 4.79 Å². The highest BCUT2D eigenvalue weighted by molar-refractivity contribution is 9.10. The molecule has 2 aromatic heterocycles. The van der Waals surface area contributed by atoms with Gasteiger partial charge in [0.25, 0.3) is 5.91 Å². The molecule has 0 aromatic carbocycles. The van der Waals surface area contributed by atoms with Crippen molar-refractivity contribution in [3.63, 3.8) is 0 Å². The molecular formula is C15H21BrN4O2. The highest BCUT2D eigenvalue weighted by Gasteiger charge is 2.27. The predicted molar refractivity (Wildman–Crippen MR) is 89.3 cm³/mol. The highest BCUT2D eigenvalue weighted by Crippen LogP contribution is 2.33. The number of fused-ring (bicyclic) bond motifs is 1. The Kier molecular flexibility index (Phi) is 4.49. The van der Waals surface area contributed by atoms with Gasteiger partial charge in [-0.15, -0.1) is 0 Å². The van der Waals surface area contributed by atoms with Crippen molar-refractivity contribution in [2.45, 2.75) is 46.1 Å². The third-order valence-corrected chi connectivity index (χ3v) is 4.37. The number of aromatic nitrogens is 2. The van der Waals surface area contributed by atoms with E-state index < -0.39 is 11.9 Å². The smallest absolute Gasteiger partial charge is 0.265 e. The summed E-state index contributed by atoms with van der Waals surface area (Å²) in [6.07, 6.45) is 0. The number of hydrogen-bond acceptors (Lipinski definition) is 4. The van der Waals surface area contributed by atoms with Gasteiger partial charge in [0.15, 0.2) is 0 Å². The van der Waals surface area contributed by atoms with E-state index in [1.54, 1.807) is 12.4 Å². The molecule has 3 N–H and O–H groups in total. The van der Waals surface area contributed by atoms with Crippen LogP contribution < -0.4 is 10.8 Å². The van der Waals surface area contributed by atoms with Gasteiger partial charge in [0, 0.05) is 15.6 Å². The van der Waals surface area contributed by atoms with E-state index in [4.69, 9.17) is 5.21 Å². The number of carbonyl (C=O) groups is 1. The SMILES string of the molecule is Cc1c(Br)ccc2nc(NC(C)C(=O)NO)c(C(C)(C)C)n12. The summed E-state index contributed by atoms with van der Waals surface area (Å²) in [5, 5.41) is 11.8. The minimum absolute atomic E-state index is 0.178. The van der Waals surface area contributed by atoms with Crippen molar-refractivity contribution in [1.82, 2.24) is 14.9 Å². The zero-order valence-electron chi connectivity index (χ0n) is 13.4. The fraction of sp³-hybridized carbons (Fsp3) is 0.467. The van der Waals surface area contributed by atoms with Crippen LogP contribution in [0.2, 0.25) is 0 Å². The molecule has 2 aromatic rings. The second-order valence-corrected chi connectivity index (χ2v) is 7.22. The summed E-state index contributed by atoms with van der Waals surface area (Å²) in [6.45, 7) is 9.97. The van der Waals surface area contributed by atoms with Crippen LogP contribution in [0.1, 0.15) is 39.1 Å². The van der Waals surface area contributed by atoms with Gasteiger partial charge in [0.2, 0.25) is 0 Å². The van der Waals surface area contributed by atoms with E-state index in [0.717, 1.165) is 21.5 Å². The van der Waals surface area contributed by atoms with Crippen LogP contribution in [0.4, 0.5) is 5.82 Å². The van der Waals surface area contributed by atoms with Crippen molar-refractivity contribution in [1.29, 1.82) is 0 Å². The molecule has 1 unspecified atom stereocenters. The van der Waals surface area contributed by atoms with Crippen molar-refractivity contribution in [3.05, 3.63) is 28.0 Å². The zero-order valence-corrected chi connectivity index (χ0v) is 14.9. The first-order valence-electron chi connectivity index (χ1n) is 7.05. The first kappa shape index (κ1) is 16.8. The maximum atomic E-state index is 11.5. The summed E-state index contributed by atoms with van der Waals surface area (Å²) in [7, 11) is 0. The molecule has 2 rings (SSSR count). The Hall–Kier alpha value is -1.60. The summed E-state index contributed by atoms with van der Waals surface area (Å²) in [5.41, 5.74) is 4.31. The van der Waals surface area contributed by atoms with Gasteiger partial charge in [-0.05, 0) is 41.9 Å². The van der Waals surface area contributed by atoms with Gasteiger partial charge in [-0.25, -0.2) is 10.5 Å². The van der Waals surface area contributed by atoms with E-state index in [-0.39, 0.29) is 5.41 Å². The number of carbonyl (C=O) groups excluding carboxylic acids is 1. The molecule has 0 aliphatic rings. The molecule has 120 valence electrons. The predicted octanol–water partition coefficient (Wildman–Crippen LogP) is 3.01. The maximum Gasteiger partial charge on any atom is 0.265 e. The molecule has 0 radical (unpaired) electrons. The van der Waals surface area contributed by atoms with Gasteiger partial charge < -0.3 is 5.32 Å². The zero-order chi connectivity index (χ0) is 16.7. The minimum Gasteiger partial charge on any atom is -0.357 e. The second kappa shape index (κ2) is 5.89. The standard InChI is InChI=1S/C15H21BrN4O2/c1-8(14(21)19-22)17-13-12(15(3,4)5)20-9(2)10(16)6-7-11(20)18-13/h6-8,17,22H,1-5H3,(H,19,21). The number of nitrogens with zero attached hydrogens (tertiary/aromatic N) is 2. The van der Waals surface area contributed by atoms with Crippen LogP contribution >= 0.6 is 15.9 Å². The Bertz CT molecular complexity index is 718. The number of pyridine rings is 1. The summed E-state index contributed by atoms with van der Waals surface area (Å²) in [6, 6.07) is 3.28. The molecule has 0 bridgehead atoms. The average molecular weight is 369 g/mol. The van der Waals surface area contributed by atoms with E-state index in [1.165, 1.54) is 0 Å². The molecule has 22 heavy (non-hydrogen) atoms. The summed E-state index contributed by atoms with van der Waals surface area (Å²) in [4.78, 5) is 16.2. The number of hydrogen-bond donors (Lipinski definition) is 3. The van der Waals surface area contributed by atoms with E-state index in [1.807, 2.05) is 19.1 Å². The van der Waals surface area contributed by atoms with Gasteiger partial charge >= 0.3 is 0 Å². The number of rotatable bonds is 3. The molecule has 1 amide bonds. The topological polar surface area (TPSA) is 78.7 Å². The molecule has 0 aliphatic heterocycles. The summed E-state index contributed by atoms with van der Waals surface area (Å²) in [5.74, 6) is 0.139. The third-order valence-electron chi connectivity index (χ3n) is 3.53. The molecule has 0 fully saturated rings. The van der Waals surface area contributed by atoms with Crippen molar-refractivity contribution in [2.75, 3.05) is 5.32 Å². The molecular weight excluding hydrogens is 348 g/mol. The van der Waals surface area contributed by atoms with E-state index in [0.29, 0.717) is 5.82 Å². The molecule has 0 saturated heterocycles. The average Bonchev–Trinajstić information content (AvgIpc) is 2.80. The van der Waals surface area contributed by atoms with Crippen molar-refractivity contribution in [2.24, 2.45) is 0 Å². The summed E-state index contributed by atoms with van der Waals surface area (Å²) < 4.78 is 3.08. The van der Waals surface area contributed by atoms with Crippen LogP contribution in [-0.4, -0.2) is 26.5 Å². The van der Waals surface area contributed by atoms with Crippen LogP contribution in [0.25, 0.3) is 5.65 Å². The quantitative estimate of drug-likeness (QED) is 0.574. The lowest BCUT2D eigenvalue weighted by Gasteiger charge is -2.23. The van der Waals surface area contributed by atoms with E-state index in [2.05, 4.69) is 51.4 Å². The molecule has 0 spiro atoms. The molecule has 0 aliphatic carbocycles. The lowest BCUT2D eigenvalue weighted by molar-refractivity contribution is -0.129. The van der Waals surface area contributed by atoms with Crippen LogP contribution in [0, 0.1) is 6.92 Å². The van der Waals surface area contributed by atoms with Gasteiger partial charge in [-0.1, -0.05) is 20.8 Å². The number of aryl methyl sites for hydroxylation is 1. The Morgan fingerprint density at radius 2 is 2.05 bits per heavy atom. The third kappa shape index (κ3) is 2.96. The fourth-order valence-corrected chi connectivity index (χ4v) is 2.73. The number of anilines is 1. The number of hydroxylamine groups is 1. The Morgan fingerprint density at radius 3 is 2.59 bits per heavy atom. The molecule has 0 saturated carbocycles. The number of imidazole rings is 1. The molecule has 7 heteroatoms. The maximum absolute atomic E-state index is 11.5. The minimum atomic E-state index is -0.597. The monoisotopic (exact) mass is 368 g/mol. The molecule has 1 atom stereocenters. The first-order chi connectivity index (χ1) is 10.2. The van der Waals surface area contributed by atoms with Gasteiger partial charge in [-0.3, -0.25) is 14.4 Å². The lowest BCUT2D eigenvalue weighted by atomic mass is 9.91. The second-order valence-electron chi connectivity index (χ2n) is 6.36. The summed E-state index contributed by atoms with van der Waals surface area (Å²) >= 11 is 3.55. The molecule has 6 nitrogen and oxygen atoms in total. The normalized spacial score (nSPS) is 13.2. The highest BCUT2D eigenvalue weighted by atomic mass is 79.9.